The molecule has 0 radical (unpaired) electrons. The minimum atomic E-state index is -0.633. The Balaban J connectivity index is 0.700. The average molecular weight is 1420 g/mol. The van der Waals surface area contributed by atoms with Crippen LogP contribution >= 0.6 is 0 Å². The zero-order valence-electron chi connectivity index (χ0n) is 58.8. The zero-order chi connectivity index (χ0) is 74.9. The van der Waals surface area contributed by atoms with E-state index in [-0.39, 0.29) is 133 Å². The number of aromatic nitrogens is 10. The summed E-state index contributed by atoms with van der Waals surface area (Å²) in [5.41, 5.74) is 3.15. The Labute approximate surface area is 590 Å². The highest BCUT2D eigenvalue weighted by atomic mass is 16.2. The summed E-state index contributed by atoms with van der Waals surface area (Å²) in [5.74, 6) is -5.89. The summed E-state index contributed by atoms with van der Waals surface area (Å²) >= 11 is 0. The molecule has 0 aromatic carbocycles. The highest BCUT2D eigenvalue weighted by molar-refractivity contribution is 6.08. The van der Waals surface area contributed by atoms with Gasteiger partial charge < -0.3 is 111 Å². The highest BCUT2D eigenvalue weighted by Crippen LogP contribution is 2.22. The first-order valence-electron chi connectivity index (χ1n) is 32.4. The number of anilines is 8. The second-order valence-corrected chi connectivity index (χ2v) is 24.5. The smallest absolute Gasteiger partial charge is 0.292 e. The lowest BCUT2D eigenvalue weighted by Gasteiger charge is -2.10. The molecular weight excluding hydrogens is 1340 g/mol. The zero-order valence-corrected chi connectivity index (χ0v) is 58.8. The molecule has 0 aliphatic carbocycles. The van der Waals surface area contributed by atoms with Crippen molar-refractivity contribution >= 4 is 123 Å². The molecule has 8 rings (SSSR count). The van der Waals surface area contributed by atoms with Crippen molar-refractivity contribution in [3.63, 3.8) is 0 Å². The molecule has 546 valence electrons. The number of amides is 13. The van der Waals surface area contributed by atoms with Crippen LogP contribution in [0.2, 0.25) is 0 Å². The molecule has 37 heteroatoms. The van der Waals surface area contributed by atoms with Crippen LogP contribution in [0.25, 0.3) is 0 Å². The molecule has 0 saturated heterocycles. The quantitative estimate of drug-likeness (QED) is 0.0262. The number of carbonyl (C=O) groups is 13. The molecule has 8 aromatic heterocycles. The van der Waals surface area contributed by atoms with Crippen LogP contribution in [-0.2, 0) is 80.4 Å². The number of carbonyl (C=O) groups excluding carboxylic acids is 13. The number of nitrogens with one attached hydrogen (secondary N) is 13. The Bertz CT molecular complexity index is 4560. The molecule has 13 N–H and O–H groups in total. The monoisotopic (exact) mass is 1420 g/mol. The van der Waals surface area contributed by atoms with Crippen LogP contribution < -0.4 is 69.1 Å². The topological polar surface area (TPSA) is 447 Å². The van der Waals surface area contributed by atoms with Crippen molar-refractivity contribution in [2.24, 2.45) is 56.4 Å². The third kappa shape index (κ3) is 21.1. The predicted octanol–water partition coefficient (Wildman–Crippen LogP) is 2.01. The first-order valence-corrected chi connectivity index (χ1v) is 32.4. The summed E-state index contributed by atoms with van der Waals surface area (Å²) < 4.78 is 11.9. The fourth-order valence-electron chi connectivity index (χ4n) is 10.6. The van der Waals surface area contributed by atoms with Gasteiger partial charge in [0.15, 0.2) is 11.6 Å². The minimum absolute atomic E-state index is 0.0113. The molecule has 13 amide bonds. The van der Waals surface area contributed by atoms with E-state index in [2.05, 4.69) is 79.1 Å². The van der Waals surface area contributed by atoms with E-state index < -0.39 is 59.1 Å². The summed E-state index contributed by atoms with van der Waals surface area (Å²) in [4.78, 5) is 178. The lowest BCUT2D eigenvalue weighted by molar-refractivity contribution is -0.121. The van der Waals surface area contributed by atoms with Crippen molar-refractivity contribution in [1.82, 2.24) is 78.0 Å². The standard InChI is InChI=1S/C66H84N24O13/c1-38(91)72-51-36-90(11)58(79-51)66(103)81-52-37-89(10)57(80-52)65(102)71-22-17-56(95)75-41-26-50(88(9)32-41)63(100)76-42-27-45(83(4)33-42)59(96)68-18-12-14-54(93)73-39-24-48(86(7)30-39)62(99)77-44-29-47(85(6)35-44)61(98)70-21-16-55(94)74-40-25-49(87(8)31-40)64(101)78-43-28-46(84(5)34-43)60(97)69-20-15-53(92)67-19-13-23-82(2)3/h24-37H,12-23H2,1-11H3,(H,67,92)(H,68,96)(H,69,97)(H,70,98)(H,71,102)(H,72,91)(H,73,93)(H,74,94)(H,75,95)(H,76,100)(H,77,99)(H,78,101)(H,81,103). The number of hydrogen-bond acceptors (Lipinski definition) is 16. The van der Waals surface area contributed by atoms with Gasteiger partial charge in [-0.1, -0.05) is 0 Å². The van der Waals surface area contributed by atoms with Crippen molar-refractivity contribution in [3.05, 3.63) is 132 Å². The molecule has 0 fully saturated rings. The summed E-state index contributed by atoms with van der Waals surface area (Å²) in [6.45, 7) is 2.81. The predicted molar refractivity (Wildman–Crippen MR) is 379 cm³/mol. The summed E-state index contributed by atoms with van der Waals surface area (Å²) in [6.07, 6.45) is 13.1. The van der Waals surface area contributed by atoms with Gasteiger partial charge in [-0.05, 0) is 69.9 Å². The molecule has 0 atom stereocenters. The minimum Gasteiger partial charge on any atom is -0.356 e. The Morgan fingerprint density at radius 3 is 0.981 bits per heavy atom. The molecule has 103 heavy (non-hydrogen) atoms. The fourth-order valence-corrected chi connectivity index (χ4v) is 10.6. The van der Waals surface area contributed by atoms with Gasteiger partial charge in [0.2, 0.25) is 41.2 Å². The molecule has 0 bridgehead atoms. The van der Waals surface area contributed by atoms with Crippen LogP contribution in [0.3, 0.4) is 0 Å². The normalized spacial score (nSPS) is 11.0. The van der Waals surface area contributed by atoms with E-state index in [0.29, 0.717) is 40.7 Å². The molecule has 0 unspecified atom stereocenters. The SMILES string of the molecule is CC(=O)Nc1cn(C)c(C(=O)Nc2cn(C)c(C(=O)NCCC(=O)Nc3cc(C(=O)Nc4cc(C(=O)NCCCC(=O)Nc5cc(C(=O)Nc6cc(C(=O)NCCC(=O)Nc7cc(C(=O)Nc8cc(C(=O)NCCC(=O)NCCCN(C)C)n(C)c8)n(C)c7)n(C)c6)n(C)c5)n(C)c4)n(C)c3)n2)n1. The average Bonchev–Trinajstić information content (AvgIpc) is 1.70. The maximum atomic E-state index is 13.5. The van der Waals surface area contributed by atoms with E-state index in [1.807, 2.05) is 19.0 Å². The van der Waals surface area contributed by atoms with Gasteiger partial charge in [0.25, 0.3) is 47.3 Å². The van der Waals surface area contributed by atoms with E-state index in [0.717, 1.165) is 13.0 Å². The van der Waals surface area contributed by atoms with E-state index >= 15 is 0 Å². The maximum Gasteiger partial charge on any atom is 0.292 e. The van der Waals surface area contributed by atoms with Crippen molar-refractivity contribution < 1.29 is 62.3 Å². The highest BCUT2D eigenvalue weighted by Gasteiger charge is 2.24. The third-order valence-electron chi connectivity index (χ3n) is 15.6. The lowest BCUT2D eigenvalue weighted by atomic mass is 10.2. The van der Waals surface area contributed by atoms with Gasteiger partial charge in [0.1, 0.15) is 34.2 Å². The third-order valence-corrected chi connectivity index (χ3v) is 15.6. The van der Waals surface area contributed by atoms with Crippen molar-refractivity contribution in [3.8, 4) is 0 Å². The second-order valence-electron chi connectivity index (χ2n) is 24.5. The molecule has 8 heterocycles. The largest absolute Gasteiger partial charge is 0.356 e. The molecule has 8 aromatic rings. The lowest BCUT2D eigenvalue weighted by Crippen LogP contribution is -2.32. The first kappa shape index (κ1) is 75.9. The fraction of sp³-hybridized carbons (Fsp3) is 0.348. The number of rotatable bonds is 33. The van der Waals surface area contributed by atoms with Gasteiger partial charge in [-0.2, -0.15) is 0 Å². The van der Waals surface area contributed by atoms with Crippen LogP contribution in [0, 0.1) is 0 Å². The van der Waals surface area contributed by atoms with Crippen LogP contribution in [0.15, 0.2) is 86.0 Å². The molecule has 0 aliphatic heterocycles. The number of imidazole rings is 2. The molecule has 37 nitrogen and oxygen atoms in total. The van der Waals surface area contributed by atoms with E-state index in [1.165, 1.54) is 100 Å². The Morgan fingerprint density at radius 1 is 0.311 bits per heavy atom. The van der Waals surface area contributed by atoms with Crippen molar-refractivity contribution in [2.45, 2.75) is 45.4 Å². The summed E-state index contributed by atoms with van der Waals surface area (Å²) in [7, 11) is 16.7. The Morgan fingerprint density at radius 2 is 0.612 bits per heavy atom. The maximum absolute atomic E-state index is 13.5. The van der Waals surface area contributed by atoms with Gasteiger partial charge >= 0.3 is 0 Å². The molecular formula is C66H84N24O13. The molecule has 0 saturated carbocycles. The Kier molecular flexibility index (Phi) is 25.3. The van der Waals surface area contributed by atoms with E-state index in [4.69, 9.17) is 0 Å². The summed E-state index contributed by atoms with van der Waals surface area (Å²) in [6, 6.07) is 8.87. The van der Waals surface area contributed by atoms with Gasteiger partial charge in [-0.15, -0.1) is 0 Å². The molecule has 0 aliphatic rings. The number of aryl methyl sites for hydroxylation is 8. The van der Waals surface area contributed by atoms with Crippen molar-refractivity contribution in [2.75, 3.05) is 95.9 Å². The summed E-state index contributed by atoms with van der Waals surface area (Å²) in [5, 5.41) is 35.2. The van der Waals surface area contributed by atoms with Crippen LogP contribution in [0.5, 0.6) is 0 Å². The van der Waals surface area contributed by atoms with Crippen LogP contribution in [0.4, 0.5) is 45.8 Å². The van der Waals surface area contributed by atoms with Crippen LogP contribution in [-0.4, -0.2) is 182 Å². The number of nitrogens with zero attached hydrogens (tertiary/aromatic N) is 11. The van der Waals surface area contributed by atoms with Gasteiger partial charge in [0, 0.05) is 171 Å². The van der Waals surface area contributed by atoms with Crippen molar-refractivity contribution in [1.29, 1.82) is 0 Å². The second kappa shape index (κ2) is 34.3. The first-order chi connectivity index (χ1) is 48.9. The van der Waals surface area contributed by atoms with Crippen LogP contribution in [0.1, 0.15) is 130 Å². The van der Waals surface area contributed by atoms with Gasteiger partial charge in [-0.25, -0.2) is 9.97 Å². The Hall–Kier alpha value is -12.8. The van der Waals surface area contributed by atoms with Gasteiger partial charge in [-0.3, -0.25) is 62.3 Å². The number of hydrogen-bond donors (Lipinski definition) is 13. The van der Waals surface area contributed by atoms with E-state index in [9.17, 15) is 62.3 Å². The molecule has 0 spiro atoms. The van der Waals surface area contributed by atoms with Gasteiger partial charge in [0.05, 0.1) is 34.1 Å². The van der Waals surface area contributed by atoms with E-state index in [1.54, 1.807) is 85.7 Å².